The van der Waals surface area contributed by atoms with Crippen molar-refractivity contribution in [3.8, 4) is 0 Å². The molecule has 1 N–H and O–H groups in total. The van der Waals surface area contributed by atoms with Gasteiger partial charge in [-0.2, -0.15) is 0 Å². The van der Waals surface area contributed by atoms with Gasteiger partial charge in [0.15, 0.2) is 5.72 Å². The normalized spacial score (nSPS) is 21.9. The first-order valence-electron chi connectivity index (χ1n) is 6.15. The number of aliphatic hydroxyl groups is 1. The monoisotopic (exact) mass is 240 g/mol. The van der Waals surface area contributed by atoms with E-state index >= 15 is 0 Å². The molecule has 3 nitrogen and oxygen atoms in total. The van der Waals surface area contributed by atoms with Crippen molar-refractivity contribution in [3.05, 3.63) is 16.6 Å². The van der Waals surface area contributed by atoms with E-state index in [1.165, 1.54) is 19.3 Å². The SMILES string of the molecule is CCCC(O)(c1nccs1)N1CCCCC1. The molecule has 1 aliphatic rings. The van der Waals surface area contributed by atoms with E-state index in [0.29, 0.717) is 0 Å². The van der Waals surface area contributed by atoms with Crippen LogP contribution in [0.15, 0.2) is 11.6 Å². The molecule has 16 heavy (non-hydrogen) atoms. The van der Waals surface area contributed by atoms with Gasteiger partial charge < -0.3 is 5.11 Å². The van der Waals surface area contributed by atoms with Crippen molar-refractivity contribution in [1.82, 2.24) is 9.88 Å². The number of nitrogens with zero attached hydrogens (tertiary/aromatic N) is 2. The van der Waals surface area contributed by atoms with Gasteiger partial charge in [-0.1, -0.05) is 19.8 Å². The largest absolute Gasteiger partial charge is 0.369 e. The summed E-state index contributed by atoms with van der Waals surface area (Å²) in [5.74, 6) is 0. The molecule has 1 aliphatic heterocycles. The van der Waals surface area contributed by atoms with Gasteiger partial charge in [-0.3, -0.25) is 4.90 Å². The number of rotatable bonds is 4. The zero-order chi connectivity index (χ0) is 11.4. The highest BCUT2D eigenvalue weighted by Gasteiger charge is 2.38. The fourth-order valence-electron chi connectivity index (χ4n) is 2.43. The van der Waals surface area contributed by atoms with Gasteiger partial charge in [-0.05, 0) is 19.3 Å². The molecule has 1 aromatic rings. The fourth-order valence-corrected chi connectivity index (χ4v) is 3.23. The van der Waals surface area contributed by atoms with E-state index in [-0.39, 0.29) is 0 Å². The Morgan fingerprint density at radius 1 is 1.44 bits per heavy atom. The van der Waals surface area contributed by atoms with Crippen molar-refractivity contribution in [2.75, 3.05) is 13.1 Å². The highest BCUT2D eigenvalue weighted by atomic mass is 32.1. The lowest BCUT2D eigenvalue weighted by Crippen LogP contribution is -2.48. The van der Waals surface area contributed by atoms with Crippen LogP contribution in [0, 0.1) is 0 Å². The Morgan fingerprint density at radius 2 is 2.19 bits per heavy atom. The molecule has 0 radical (unpaired) electrons. The van der Waals surface area contributed by atoms with E-state index in [0.717, 1.165) is 30.9 Å². The molecule has 1 fully saturated rings. The second kappa shape index (κ2) is 5.25. The summed E-state index contributed by atoms with van der Waals surface area (Å²) in [5, 5.41) is 13.7. The van der Waals surface area contributed by atoms with Gasteiger partial charge in [0.1, 0.15) is 5.01 Å². The Balaban J connectivity index is 2.20. The fraction of sp³-hybridized carbons (Fsp3) is 0.750. The third-order valence-electron chi connectivity index (χ3n) is 3.25. The first kappa shape index (κ1) is 12.0. The topological polar surface area (TPSA) is 36.4 Å². The van der Waals surface area contributed by atoms with Crippen LogP contribution in [-0.2, 0) is 5.72 Å². The first-order chi connectivity index (χ1) is 7.77. The first-order valence-corrected chi connectivity index (χ1v) is 7.02. The van der Waals surface area contributed by atoms with E-state index in [2.05, 4.69) is 16.8 Å². The van der Waals surface area contributed by atoms with Crippen LogP contribution in [0.5, 0.6) is 0 Å². The summed E-state index contributed by atoms with van der Waals surface area (Å²) in [5.41, 5.74) is -0.816. The summed E-state index contributed by atoms with van der Waals surface area (Å²) >= 11 is 1.56. The van der Waals surface area contributed by atoms with Crippen molar-refractivity contribution in [2.24, 2.45) is 0 Å². The number of hydrogen-bond donors (Lipinski definition) is 1. The molecule has 0 aromatic carbocycles. The van der Waals surface area contributed by atoms with E-state index in [9.17, 15) is 5.11 Å². The Morgan fingerprint density at radius 3 is 2.75 bits per heavy atom. The Hall–Kier alpha value is -0.450. The average molecular weight is 240 g/mol. The lowest BCUT2D eigenvalue weighted by atomic mass is 10.0. The van der Waals surface area contributed by atoms with Crippen molar-refractivity contribution in [2.45, 2.75) is 44.8 Å². The molecule has 2 rings (SSSR count). The van der Waals surface area contributed by atoms with Gasteiger partial charge in [-0.15, -0.1) is 11.3 Å². The van der Waals surface area contributed by atoms with Crippen molar-refractivity contribution < 1.29 is 5.11 Å². The molecular weight excluding hydrogens is 220 g/mol. The minimum absolute atomic E-state index is 0.778. The maximum absolute atomic E-state index is 10.9. The van der Waals surface area contributed by atoms with Gasteiger partial charge in [0.25, 0.3) is 0 Å². The molecule has 0 spiro atoms. The third kappa shape index (κ3) is 2.29. The lowest BCUT2D eigenvalue weighted by Gasteiger charge is -2.40. The number of aromatic nitrogens is 1. The summed E-state index contributed by atoms with van der Waals surface area (Å²) in [6.45, 7) is 4.11. The van der Waals surface area contributed by atoms with Crippen molar-refractivity contribution in [3.63, 3.8) is 0 Å². The predicted octanol–water partition coefficient (Wildman–Crippen LogP) is 2.57. The maximum atomic E-state index is 10.9. The Kier molecular flexibility index (Phi) is 3.95. The molecule has 90 valence electrons. The summed E-state index contributed by atoms with van der Waals surface area (Å²) < 4.78 is 0. The molecule has 4 heteroatoms. The van der Waals surface area contributed by atoms with Gasteiger partial charge in [-0.25, -0.2) is 4.98 Å². The van der Waals surface area contributed by atoms with Crippen LogP contribution >= 0.6 is 11.3 Å². The van der Waals surface area contributed by atoms with Crippen LogP contribution in [0.3, 0.4) is 0 Å². The summed E-state index contributed by atoms with van der Waals surface area (Å²) in [6, 6.07) is 0. The zero-order valence-corrected chi connectivity index (χ0v) is 10.7. The molecule has 0 bridgehead atoms. The van der Waals surface area contributed by atoms with Gasteiger partial charge in [0, 0.05) is 24.7 Å². The van der Waals surface area contributed by atoms with E-state index in [4.69, 9.17) is 0 Å². The maximum Gasteiger partial charge on any atom is 0.171 e. The number of hydrogen-bond acceptors (Lipinski definition) is 4. The smallest absolute Gasteiger partial charge is 0.171 e. The van der Waals surface area contributed by atoms with Gasteiger partial charge in [0.2, 0.25) is 0 Å². The summed E-state index contributed by atoms with van der Waals surface area (Å²) in [4.78, 5) is 6.52. The average Bonchev–Trinajstić information content (AvgIpc) is 2.84. The highest BCUT2D eigenvalue weighted by Crippen LogP contribution is 2.34. The lowest BCUT2D eigenvalue weighted by molar-refractivity contribution is -0.130. The second-order valence-corrected chi connectivity index (χ2v) is 5.35. The van der Waals surface area contributed by atoms with E-state index in [1.807, 2.05) is 5.38 Å². The molecule has 1 atom stereocenters. The van der Waals surface area contributed by atoms with Crippen LogP contribution < -0.4 is 0 Å². The van der Waals surface area contributed by atoms with Gasteiger partial charge in [0.05, 0.1) is 0 Å². The summed E-state index contributed by atoms with van der Waals surface area (Å²) in [6.07, 6.45) is 7.21. The Bertz CT molecular complexity index is 309. The van der Waals surface area contributed by atoms with Crippen molar-refractivity contribution in [1.29, 1.82) is 0 Å². The number of likely N-dealkylation sites (tertiary alicyclic amines) is 1. The standard InChI is InChI=1S/C12H20N2OS/c1-2-6-12(15,11-13-7-10-16-11)14-8-4-3-5-9-14/h7,10,15H,2-6,8-9H2,1H3. The quantitative estimate of drug-likeness (QED) is 0.878. The molecule has 0 saturated carbocycles. The zero-order valence-electron chi connectivity index (χ0n) is 9.85. The van der Waals surface area contributed by atoms with Crippen LogP contribution in [-0.4, -0.2) is 28.1 Å². The minimum atomic E-state index is -0.816. The second-order valence-electron chi connectivity index (χ2n) is 4.45. The van der Waals surface area contributed by atoms with Gasteiger partial charge >= 0.3 is 0 Å². The minimum Gasteiger partial charge on any atom is -0.369 e. The third-order valence-corrected chi connectivity index (χ3v) is 4.17. The van der Waals surface area contributed by atoms with E-state index < -0.39 is 5.72 Å². The Labute approximate surface area is 101 Å². The molecule has 1 aromatic heterocycles. The molecule has 1 saturated heterocycles. The molecule has 2 heterocycles. The van der Waals surface area contributed by atoms with Crippen LogP contribution in [0.4, 0.5) is 0 Å². The predicted molar refractivity (Wildman–Crippen MR) is 66.3 cm³/mol. The van der Waals surface area contributed by atoms with E-state index in [1.54, 1.807) is 17.5 Å². The highest BCUT2D eigenvalue weighted by molar-refractivity contribution is 7.09. The molecule has 0 amide bonds. The number of piperidine rings is 1. The van der Waals surface area contributed by atoms with Crippen molar-refractivity contribution >= 4 is 11.3 Å². The number of thiazole rings is 1. The van der Waals surface area contributed by atoms with Crippen LogP contribution in [0.2, 0.25) is 0 Å². The van der Waals surface area contributed by atoms with Crippen LogP contribution in [0.25, 0.3) is 0 Å². The summed E-state index contributed by atoms with van der Waals surface area (Å²) in [7, 11) is 0. The molecule has 1 unspecified atom stereocenters. The van der Waals surface area contributed by atoms with Crippen LogP contribution in [0.1, 0.15) is 44.0 Å². The molecule has 0 aliphatic carbocycles. The molecular formula is C12H20N2OS.